The van der Waals surface area contributed by atoms with Crippen LogP contribution in [0.4, 0.5) is 0 Å². The highest BCUT2D eigenvalue weighted by atomic mass is 14.6. The van der Waals surface area contributed by atoms with Crippen LogP contribution in [-0.2, 0) is 0 Å². The predicted octanol–water partition coefficient (Wildman–Crippen LogP) is 5.53. The number of rotatable bonds is 13. The fraction of sp³-hybridized carbons (Fsp3) is 0.667. The topological polar surface area (TPSA) is 26.0 Å². The fourth-order valence-electron chi connectivity index (χ4n) is 2.13. The van der Waals surface area contributed by atoms with E-state index in [1.54, 1.807) is 6.08 Å². The summed E-state index contributed by atoms with van der Waals surface area (Å²) >= 11 is 0. The first kappa shape index (κ1) is 18.2. The normalized spacial score (nSPS) is 13.4. The summed E-state index contributed by atoms with van der Waals surface area (Å²) in [5.74, 6) is 0. The van der Waals surface area contributed by atoms with E-state index in [0.717, 1.165) is 0 Å². The van der Waals surface area contributed by atoms with Gasteiger partial charge in [0, 0.05) is 6.04 Å². The zero-order valence-electron chi connectivity index (χ0n) is 12.8. The van der Waals surface area contributed by atoms with E-state index in [2.05, 4.69) is 25.7 Å². The third kappa shape index (κ3) is 15.1. The molecule has 0 amide bonds. The van der Waals surface area contributed by atoms with Crippen molar-refractivity contribution in [2.45, 2.75) is 77.2 Å². The van der Waals surface area contributed by atoms with Crippen LogP contribution < -0.4 is 5.73 Å². The lowest BCUT2D eigenvalue weighted by Crippen LogP contribution is -2.19. The molecule has 0 spiro atoms. The van der Waals surface area contributed by atoms with E-state index in [9.17, 15) is 0 Å². The van der Waals surface area contributed by atoms with E-state index >= 15 is 0 Å². The Morgan fingerprint density at radius 1 is 0.895 bits per heavy atom. The fourth-order valence-corrected chi connectivity index (χ4v) is 2.13. The van der Waals surface area contributed by atoms with E-state index in [0.29, 0.717) is 6.04 Å². The SMILES string of the molecule is C=C/C=C/C=C/CCCCCCCC(N)CCCC. The molecule has 0 aromatic carbocycles. The maximum Gasteiger partial charge on any atom is 0.00388 e. The molecule has 19 heavy (non-hydrogen) atoms. The predicted molar refractivity (Wildman–Crippen MR) is 88.3 cm³/mol. The molecule has 0 aromatic rings. The lowest BCUT2D eigenvalue weighted by atomic mass is 10.0. The van der Waals surface area contributed by atoms with E-state index in [-0.39, 0.29) is 0 Å². The molecule has 0 aliphatic heterocycles. The molecule has 1 unspecified atom stereocenters. The Labute approximate surface area is 120 Å². The molecule has 0 heterocycles. The van der Waals surface area contributed by atoms with Gasteiger partial charge in [0.05, 0.1) is 0 Å². The van der Waals surface area contributed by atoms with Crippen LogP contribution in [0.1, 0.15) is 71.1 Å². The highest BCUT2D eigenvalue weighted by molar-refractivity contribution is 5.08. The van der Waals surface area contributed by atoms with Crippen molar-refractivity contribution in [1.82, 2.24) is 0 Å². The summed E-state index contributed by atoms with van der Waals surface area (Å²) in [6, 6.07) is 0.444. The van der Waals surface area contributed by atoms with Crippen LogP contribution in [0.15, 0.2) is 37.0 Å². The summed E-state index contributed by atoms with van der Waals surface area (Å²) in [6.45, 7) is 5.87. The molecule has 0 rings (SSSR count). The molecule has 110 valence electrons. The van der Waals surface area contributed by atoms with Crippen molar-refractivity contribution in [2.75, 3.05) is 0 Å². The quantitative estimate of drug-likeness (QED) is 0.343. The van der Waals surface area contributed by atoms with Crippen LogP contribution in [0.5, 0.6) is 0 Å². The summed E-state index contributed by atoms with van der Waals surface area (Å²) in [5.41, 5.74) is 6.06. The molecule has 2 N–H and O–H groups in total. The van der Waals surface area contributed by atoms with Crippen molar-refractivity contribution in [3.8, 4) is 0 Å². The van der Waals surface area contributed by atoms with Crippen LogP contribution in [0.25, 0.3) is 0 Å². The average Bonchev–Trinajstić information content (AvgIpc) is 2.42. The van der Waals surface area contributed by atoms with Crippen molar-refractivity contribution in [2.24, 2.45) is 5.73 Å². The molecule has 1 nitrogen and oxygen atoms in total. The Hall–Kier alpha value is -0.820. The molecule has 0 radical (unpaired) electrons. The number of hydrogen-bond acceptors (Lipinski definition) is 1. The van der Waals surface area contributed by atoms with Gasteiger partial charge in [0.1, 0.15) is 0 Å². The summed E-state index contributed by atoms with van der Waals surface area (Å²) in [6.07, 6.45) is 23.0. The zero-order chi connectivity index (χ0) is 14.2. The molecule has 0 bridgehead atoms. The van der Waals surface area contributed by atoms with Crippen LogP contribution >= 0.6 is 0 Å². The van der Waals surface area contributed by atoms with Crippen LogP contribution in [0.2, 0.25) is 0 Å². The zero-order valence-corrected chi connectivity index (χ0v) is 12.8. The Morgan fingerprint density at radius 3 is 2.32 bits per heavy atom. The van der Waals surface area contributed by atoms with Crippen molar-refractivity contribution >= 4 is 0 Å². The molecule has 0 aliphatic carbocycles. The van der Waals surface area contributed by atoms with E-state index in [1.807, 2.05) is 12.2 Å². The van der Waals surface area contributed by atoms with Crippen LogP contribution in [-0.4, -0.2) is 6.04 Å². The van der Waals surface area contributed by atoms with E-state index in [4.69, 9.17) is 5.73 Å². The van der Waals surface area contributed by atoms with Crippen molar-refractivity contribution < 1.29 is 0 Å². The van der Waals surface area contributed by atoms with Crippen LogP contribution in [0, 0.1) is 0 Å². The number of hydrogen-bond donors (Lipinski definition) is 1. The monoisotopic (exact) mass is 263 g/mol. The van der Waals surface area contributed by atoms with Crippen molar-refractivity contribution in [3.63, 3.8) is 0 Å². The molecular weight excluding hydrogens is 230 g/mol. The van der Waals surface area contributed by atoms with Gasteiger partial charge in [0.2, 0.25) is 0 Å². The molecule has 0 aromatic heterocycles. The largest absolute Gasteiger partial charge is 0.328 e. The maximum atomic E-state index is 6.06. The number of allylic oxidation sites excluding steroid dienone is 5. The van der Waals surface area contributed by atoms with E-state index in [1.165, 1.54) is 64.2 Å². The Kier molecular flexibility index (Phi) is 14.6. The lowest BCUT2D eigenvalue weighted by Gasteiger charge is -2.10. The van der Waals surface area contributed by atoms with Crippen molar-refractivity contribution in [3.05, 3.63) is 37.0 Å². The Morgan fingerprint density at radius 2 is 1.58 bits per heavy atom. The first-order valence-electron chi connectivity index (χ1n) is 8.01. The van der Waals surface area contributed by atoms with Gasteiger partial charge in [0.15, 0.2) is 0 Å². The van der Waals surface area contributed by atoms with Gasteiger partial charge < -0.3 is 5.73 Å². The van der Waals surface area contributed by atoms with Gasteiger partial charge in [0.25, 0.3) is 0 Å². The van der Waals surface area contributed by atoms with Gasteiger partial charge in [-0.2, -0.15) is 0 Å². The van der Waals surface area contributed by atoms with Gasteiger partial charge in [-0.1, -0.05) is 82.4 Å². The highest BCUT2D eigenvalue weighted by Crippen LogP contribution is 2.11. The summed E-state index contributed by atoms with van der Waals surface area (Å²) in [7, 11) is 0. The molecular formula is C18H33N. The second-order valence-electron chi connectivity index (χ2n) is 5.30. The van der Waals surface area contributed by atoms with E-state index < -0.39 is 0 Å². The Balaban J connectivity index is 3.20. The lowest BCUT2D eigenvalue weighted by molar-refractivity contribution is 0.499. The molecule has 0 aliphatic rings. The molecule has 1 atom stereocenters. The molecule has 0 saturated heterocycles. The van der Waals surface area contributed by atoms with Gasteiger partial charge >= 0.3 is 0 Å². The third-order valence-corrected chi connectivity index (χ3v) is 3.37. The minimum Gasteiger partial charge on any atom is -0.328 e. The summed E-state index contributed by atoms with van der Waals surface area (Å²) in [4.78, 5) is 0. The minimum absolute atomic E-state index is 0.444. The summed E-state index contributed by atoms with van der Waals surface area (Å²) < 4.78 is 0. The first-order chi connectivity index (χ1) is 9.31. The summed E-state index contributed by atoms with van der Waals surface area (Å²) in [5, 5.41) is 0. The smallest absolute Gasteiger partial charge is 0.00388 e. The van der Waals surface area contributed by atoms with Crippen molar-refractivity contribution in [1.29, 1.82) is 0 Å². The van der Waals surface area contributed by atoms with Crippen LogP contribution in [0.3, 0.4) is 0 Å². The maximum absolute atomic E-state index is 6.06. The van der Waals surface area contributed by atoms with Gasteiger partial charge in [-0.3, -0.25) is 0 Å². The minimum atomic E-state index is 0.444. The highest BCUT2D eigenvalue weighted by Gasteiger charge is 2.00. The molecule has 1 heteroatoms. The van der Waals surface area contributed by atoms with Gasteiger partial charge in [-0.15, -0.1) is 0 Å². The molecule has 0 saturated carbocycles. The second kappa shape index (κ2) is 15.2. The number of unbranched alkanes of at least 4 members (excludes halogenated alkanes) is 6. The average molecular weight is 263 g/mol. The van der Waals surface area contributed by atoms with Gasteiger partial charge in [-0.25, -0.2) is 0 Å². The Bertz CT molecular complexity index is 240. The molecule has 0 fully saturated rings. The van der Waals surface area contributed by atoms with Gasteiger partial charge in [-0.05, 0) is 25.7 Å². The first-order valence-corrected chi connectivity index (χ1v) is 8.01. The third-order valence-electron chi connectivity index (χ3n) is 3.37. The second-order valence-corrected chi connectivity index (χ2v) is 5.30. The number of nitrogens with two attached hydrogens (primary N) is 1. The standard InChI is InChI=1S/C18H33N/c1-3-5-7-8-9-10-11-12-13-14-15-17-18(19)16-6-4-2/h3,5,7-9,18H,1,4,6,10-17,19H2,2H3/b7-5+,9-8+.